The van der Waals surface area contributed by atoms with E-state index in [1.54, 1.807) is 6.92 Å². The molecule has 2 heterocycles. The minimum atomic E-state index is -1.20. The van der Waals surface area contributed by atoms with Crippen LogP contribution in [0.3, 0.4) is 0 Å². The third-order valence-electron chi connectivity index (χ3n) is 9.40. The monoisotopic (exact) mass is 655 g/mol. The summed E-state index contributed by atoms with van der Waals surface area (Å²) in [5, 5.41) is 14.4. The van der Waals surface area contributed by atoms with Gasteiger partial charge in [-0.1, -0.05) is 32.0 Å². The van der Waals surface area contributed by atoms with Gasteiger partial charge >= 0.3 is 5.97 Å². The Kier molecular flexibility index (Phi) is 11.4. The van der Waals surface area contributed by atoms with Crippen molar-refractivity contribution in [2.45, 2.75) is 84.0 Å². The molecule has 0 bridgehead atoms. The molecule has 2 aromatic carbocycles. The van der Waals surface area contributed by atoms with Crippen LogP contribution in [0.1, 0.15) is 73.0 Å². The van der Waals surface area contributed by atoms with E-state index in [0.717, 1.165) is 22.8 Å². The molecule has 1 aromatic heterocycles. The SMILES string of the molecule is Cc1cc(=O)n([C@H](C(=O)CC[C@@H](CC(=O)O)c2cc(-c3c(C)cccc3C)cc(F)c2F)C([SiH3])C(C)C)nc1CCN1CC(F)C1. The molecule has 3 aromatic rings. The van der Waals surface area contributed by atoms with E-state index in [4.69, 9.17) is 0 Å². The van der Waals surface area contributed by atoms with Crippen molar-refractivity contribution < 1.29 is 27.9 Å². The number of nitrogens with zero attached hydrogens (tertiary/aromatic N) is 3. The molecule has 1 aliphatic rings. The lowest BCUT2D eigenvalue weighted by molar-refractivity contribution is -0.137. The summed E-state index contributed by atoms with van der Waals surface area (Å²) in [4.78, 5) is 41.2. The Morgan fingerprint density at radius 2 is 1.72 bits per heavy atom. The number of hydrogen-bond donors (Lipinski definition) is 1. The number of carbonyl (C=O) groups excluding carboxylic acids is 1. The van der Waals surface area contributed by atoms with Crippen LogP contribution in [0.2, 0.25) is 5.54 Å². The Morgan fingerprint density at radius 1 is 1.07 bits per heavy atom. The van der Waals surface area contributed by atoms with Crippen molar-refractivity contribution in [3.05, 3.63) is 86.3 Å². The predicted molar refractivity (Wildman–Crippen MR) is 176 cm³/mol. The van der Waals surface area contributed by atoms with Crippen molar-refractivity contribution in [2.24, 2.45) is 5.92 Å². The van der Waals surface area contributed by atoms with Crippen LogP contribution in [0.25, 0.3) is 11.1 Å². The van der Waals surface area contributed by atoms with Crippen molar-refractivity contribution in [3.63, 3.8) is 0 Å². The number of Topliss-reactive ketones (excluding diaryl/α,β-unsaturated/α-hetero) is 1. The standard InChI is InChI=1S/C35H44F3N3O4Si/c1-19(2)35(46)34(41-30(43)13-22(5)28(39-41)11-12-40-17-25(36)18-40)29(42)10-9-23(16-31(44)45)26-14-24(15-27(37)33(26)38)32-20(3)7-6-8-21(32)4/h6-8,13-15,19,23,25,34-35H,9-12,16-18H2,1-5,46H3,(H,44,45)/t23-,34+,35?/m0/s1. The lowest BCUT2D eigenvalue weighted by Gasteiger charge is -2.34. The number of ketones is 1. The van der Waals surface area contributed by atoms with Crippen LogP contribution in [-0.2, 0) is 16.0 Å². The van der Waals surface area contributed by atoms with Crippen molar-refractivity contribution in [1.29, 1.82) is 0 Å². The number of aryl methyl sites for hydroxylation is 3. The third kappa shape index (κ3) is 8.04. The number of carbonyl (C=O) groups is 2. The van der Waals surface area contributed by atoms with Gasteiger partial charge in [0.15, 0.2) is 17.4 Å². The van der Waals surface area contributed by atoms with E-state index in [2.05, 4.69) is 5.10 Å². The number of aromatic nitrogens is 2. The molecule has 0 spiro atoms. The van der Waals surface area contributed by atoms with Gasteiger partial charge in [-0.15, -0.1) is 0 Å². The molecule has 1 aliphatic heterocycles. The minimum Gasteiger partial charge on any atom is -0.481 e. The normalized spacial score (nSPS) is 15.9. The first-order valence-corrected chi connectivity index (χ1v) is 17.1. The Bertz CT molecular complexity index is 1630. The van der Waals surface area contributed by atoms with Crippen LogP contribution in [0.5, 0.6) is 0 Å². The highest BCUT2D eigenvalue weighted by molar-refractivity contribution is 6.14. The molecule has 0 radical (unpaired) electrons. The van der Waals surface area contributed by atoms with Gasteiger partial charge in [-0.25, -0.2) is 17.9 Å². The van der Waals surface area contributed by atoms with Gasteiger partial charge in [0.1, 0.15) is 12.2 Å². The number of alkyl halides is 1. The fourth-order valence-electron chi connectivity index (χ4n) is 6.37. The third-order valence-corrected chi connectivity index (χ3v) is 11.4. The molecular formula is C35H44F3N3O4Si. The zero-order valence-corrected chi connectivity index (χ0v) is 29.4. The molecule has 0 saturated carbocycles. The summed E-state index contributed by atoms with van der Waals surface area (Å²) in [7, 11) is 0.573. The maximum absolute atomic E-state index is 15.4. The van der Waals surface area contributed by atoms with Gasteiger partial charge in [-0.3, -0.25) is 19.3 Å². The maximum Gasteiger partial charge on any atom is 0.303 e. The van der Waals surface area contributed by atoms with Crippen LogP contribution < -0.4 is 5.56 Å². The minimum absolute atomic E-state index is 0.0482. The number of likely N-dealkylation sites (tertiary alicyclic amines) is 1. The number of benzene rings is 2. The average Bonchev–Trinajstić information content (AvgIpc) is 2.96. The molecule has 11 heteroatoms. The molecule has 4 rings (SSSR count). The number of carboxylic acid groups (broad SMARTS) is 1. The van der Waals surface area contributed by atoms with Crippen LogP contribution in [0.4, 0.5) is 13.2 Å². The molecule has 1 unspecified atom stereocenters. The van der Waals surface area contributed by atoms with Crippen molar-refractivity contribution in [1.82, 2.24) is 14.7 Å². The zero-order chi connectivity index (χ0) is 33.9. The molecule has 0 amide bonds. The summed E-state index contributed by atoms with van der Waals surface area (Å²) in [6.45, 7) is 10.8. The lowest BCUT2D eigenvalue weighted by Crippen LogP contribution is -2.49. The Labute approximate surface area is 271 Å². The predicted octanol–water partition coefficient (Wildman–Crippen LogP) is 5.27. The maximum atomic E-state index is 15.4. The molecule has 3 atom stereocenters. The molecule has 0 aliphatic carbocycles. The fourth-order valence-corrected chi connectivity index (χ4v) is 7.03. The van der Waals surface area contributed by atoms with Crippen LogP contribution in [-0.4, -0.2) is 67.6 Å². The van der Waals surface area contributed by atoms with Gasteiger partial charge in [0, 0.05) is 48.8 Å². The number of halogens is 3. The van der Waals surface area contributed by atoms with Crippen molar-refractivity contribution in [3.8, 4) is 11.1 Å². The molecule has 7 nitrogen and oxygen atoms in total. The number of rotatable bonds is 14. The van der Waals surface area contributed by atoms with E-state index < -0.39 is 47.7 Å². The summed E-state index contributed by atoms with van der Waals surface area (Å²) in [6.07, 6.45) is -1.03. The average molecular weight is 656 g/mol. The number of aliphatic carboxylic acids is 1. The molecule has 1 N–H and O–H groups in total. The van der Waals surface area contributed by atoms with Gasteiger partial charge in [-0.2, -0.15) is 5.10 Å². The van der Waals surface area contributed by atoms with Crippen LogP contribution in [0, 0.1) is 38.3 Å². The number of hydrogen-bond acceptors (Lipinski definition) is 5. The van der Waals surface area contributed by atoms with Gasteiger partial charge in [-0.05, 0) is 90.1 Å². The molecule has 46 heavy (non-hydrogen) atoms. The van der Waals surface area contributed by atoms with E-state index >= 15 is 8.78 Å². The van der Waals surface area contributed by atoms with Crippen molar-refractivity contribution in [2.75, 3.05) is 19.6 Å². The molecular weight excluding hydrogens is 611 g/mol. The largest absolute Gasteiger partial charge is 0.481 e. The smallest absolute Gasteiger partial charge is 0.303 e. The topological polar surface area (TPSA) is 92.5 Å². The summed E-state index contributed by atoms with van der Waals surface area (Å²) in [5.41, 5.74) is 3.58. The first-order valence-electron chi connectivity index (χ1n) is 15.9. The highest BCUT2D eigenvalue weighted by Crippen LogP contribution is 2.37. The van der Waals surface area contributed by atoms with Crippen LogP contribution >= 0.6 is 0 Å². The summed E-state index contributed by atoms with van der Waals surface area (Å²) in [6, 6.07) is 8.80. The Hall–Kier alpha value is -3.57. The first-order chi connectivity index (χ1) is 21.7. The van der Waals surface area contributed by atoms with Gasteiger partial charge in [0.05, 0.1) is 12.1 Å². The Morgan fingerprint density at radius 3 is 2.30 bits per heavy atom. The fraction of sp³-hybridized carbons (Fsp3) is 0.486. The Balaban J connectivity index is 1.66. The van der Waals surface area contributed by atoms with Gasteiger partial charge < -0.3 is 5.11 Å². The second kappa shape index (κ2) is 14.9. The molecule has 248 valence electrons. The van der Waals surface area contributed by atoms with E-state index in [0.29, 0.717) is 53.1 Å². The van der Waals surface area contributed by atoms with Crippen molar-refractivity contribution >= 4 is 22.0 Å². The van der Waals surface area contributed by atoms with E-state index in [-0.39, 0.29) is 35.6 Å². The van der Waals surface area contributed by atoms with Gasteiger partial charge in [0.25, 0.3) is 5.56 Å². The molecule has 1 saturated heterocycles. The second-order valence-electron chi connectivity index (χ2n) is 13.1. The van der Waals surface area contributed by atoms with Crippen LogP contribution in [0.15, 0.2) is 41.2 Å². The molecule has 1 fully saturated rings. The summed E-state index contributed by atoms with van der Waals surface area (Å²) in [5.74, 6) is -4.65. The highest BCUT2D eigenvalue weighted by atomic mass is 28.1. The summed E-state index contributed by atoms with van der Waals surface area (Å²) >= 11 is 0. The summed E-state index contributed by atoms with van der Waals surface area (Å²) < 4.78 is 45.0. The number of carboxylic acids is 1. The lowest BCUT2D eigenvalue weighted by atomic mass is 9.85. The quantitative estimate of drug-likeness (QED) is 0.238. The van der Waals surface area contributed by atoms with E-state index in [9.17, 15) is 23.9 Å². The highest BCUT2D eigenvalue weighted by Gasteiger charge is 2.33. The zero-order valence-electron chi connectivity index (χ0n) is 27.4. The van der Waals surface area contributed by atoms with Gasteiger partial charge in [0.2, 0.25) is 0 Å². The van der Waals surface area contributed by atoms with E-state index in [1.807, 2.05) is 50.8 Å². The first kappa shape index (κ1) is 35.3. The second-order valence-corrected chi connectivity index (χ2v) is 14.5. The van der Waals surface area contributed by atoms with E-state index in [1.165, 1.54) is 16.8 Å².